The van der Waals surface area contributed by atoms with Gasteiger partial charge in [-0.05, 0) is 24.1 Å². The normalized spacial score (nSPS) is 10.8. The van der Waals surface area contributed by atoms with Gasteiger partial charge in [0.25, 0.3) is 0 Å². The molecule has 0 aliphatic carbocycles. The molecule has 0 aromatic heterocycles. The molecule has 2 radical (unpaired) electrons. The van der Waals surface area contributed by atoms with Crippen molar-refractivity contribution < 1.29 is 65.0 Å². The van der Waals surface area contributed by atoms with E-state index in [-0.39, 0.29) is 60.2 Å². The summed E-state index contributed by atoms with van der Waals surface area (Å²) >= 11 is 0. The predicted molar refractivity (Wildman–Crippen MR) is 39.9 cm³/mol. The minimum Gasteiger partial charge on any atom is -0.465 e. The van der Waals surface area contributed by atoms with Gasteiger partial charge >= 0.3 is 0 Å². The Hall–Kier alpha value is 0.695. The molecule has 0 atom stereocenters. The van der Waals surface area contributed by atoms with Crippen LogP contribution in [0.25, 0.3) is 0 Å². The molecule has 4 heteroatoms. The Morgan fingerprint density at radius 3 is 2.54 bits per heavy atom. The number of fused-ring (bicyclic) bond motifs is 1. The molecule has 0 N–H and O–H groups in total. The molecule has 0 unspecified atom stereocenters. The van der Waals surface area contributed by atoms with Crippen molar-refractivity contribution in [2.24, 2.45) is 0 Å². The standard InChI is InChI=1S/C9H8O.Co.Pt.Ta/c1-2-6-9-8(4-1)5-3-7-10-9;;;/h1-4,6-7H,5H2;;;. The van der Waals surface area contributed by atoms with E-state index >= 15 is 0 Å². The zero-order chi connectivity index (χ0) is 6.81. The fraction of sp³-hybridized carbons (Fsp3) is 0.111. The van der Waals surface area contributed by atoms with Gasteiger partial charge < -0.3 is 4.74 Å². The minimum absolute atomic E-state index is 0. The van der Waals surface area contributed by atoms with Gasteiger partial charge in [-0.2, -0.15) is 0 Å². The largest absolute Gasteiger partial charge is 0.465 e. The molecule has 1 aliphatic heterocycles. The van der Waals surface area contributed by atoms with E-state index in [4.69, 9.17) is 4.74 Å². The van der Waals surface area contributed by atoms with Crippen molar-refractivity contribution in [3.8, 4) is 5.75 Å². The van der Waals surface area contributed by atoms with E-state index in [1.165, 1.54) is 5.56 Å². The first kappa shape index (κ1) is 16.1. The Labute approximate surface area is 118 Å². The van der Waals surface area contributed by atoms with Gasteiger partial charge in [0.2, 0.25) is 0 Å². The molecule has 0 spiro atoms. The van der Waals surface area contributed by atoms with Gasteiger partial charge in [-0.15, -0.1) is 0 Å². The summed E-state index contributed by atoms with van der Waals surface area (Å²) in [5.74, 6) is 0.991. The third-order valence-electron chi connectivity index (χ3n) is 1.60. The van der Waals surface area contributed by atoms with Crippen molar-refractivity contribution in [3.05, 3.63) is 42.2 Å². The second-order valence-electron chi connectivity index (χ2n) is 2.30. The van der Waals surface area contributed by atoms with Crippen LogP contribution in [0.3, 0.4) is 0 Å². The van der Waals surface area contributed by atoms with E-state index in [0.29, 0.717) is 0 Å². The van der Waals surface area contributed by atoms with E-state index in [0.717, 1.165) is 12.2 Å². The molecule has 1 aromatic rings. The van der Waals surface area contributed by atoms with Gasteiger partial charge in [0.05, 0.1) is 6.26 Å². The zero-order valence-electron chi connectivity index (χ0n) is 6.68. The van der Waals surface area contributed by atoms with E-state index in [1.807, 2.05) is 24.3 Å². The molecule has 0 amide bonds. The molecule has 13 heavy (non-hydrogen) atoms. The number of hydrogen-bond acceptors (Lipinski definition) is 1. The predicted octanol–water partition coefficient (Wildman–Crippen LogP) is 2.13. The third kappa shape index (κ3) is 4.15. The maximum absolute atomic E-state index is 5.24. The first-order valence-electron chi connectivity index (χ1n) is 3.36. The van der Waals surface area contributed by atoms with Crippen LogP contribution in [0.2, 0.25) is 0 Å². The molecule has 0 saturated heterocycles. The van der Waals surface area contributed by atoms with E-state index in [1.54, 1.807) is 6.26 Å². The molecule has 0 bridgehead atoms. The van der Waals surface area contributed by atoms with Crippen molar-refractivity contribution in [3.63, 3.8) is 0 Å². The quantitative estimate of drug-likeness (QED) is 0.468. The van der Waals surface area contributed by atoms with Crippen LogP contribution < -0.4 is 4.74 Å². The Morgan fingerprint density at radius 2 is 1.85 bits per heavy atom. The van der Waals surface area contributed by atoms with E-state index in [9.17, 15) is 0 Å². The van der Waals surface area contributed by atoms with Crippen LogP contribution in [0.4, 0.5) is 0 Å². The Kier molecular flexibility index (Phi) is 9.98. The molecular weight excluding hydrogens is 559 g/mol. The summed E-state index contributed by atoms with van der Waals surface area (Å²) in [4.78, 5) is 0. The van der Waals surface area contributed by atoms with Crippen LogP contribution in [0.1, 0.15) is 5.56 Å². The maximum atomic E-state index is 5.24. The van der Waals surface area contributed by atoms with Gasteiger partial charge in [0.1, 0.15) is 5.75 Å². The Bertz CT molecular complexity index is 251. The fourth-order valence-corrected chi connectivity index (χ4v) is 1.08. The number of benzene rings is 1. The molecule has 1 aromatic carbocycles. The second-order valence-corrected chi connectivity index (χ2v) is 2.30. The summed E-state index contributed by atoms with van der Waals surface area (Å²) < 4.78 is 5.24. The summed E-state index contributed by atoms with van der Waals surface area (Å²) in [6.45, 7) is 0. The number of ether oxygens (including phenoxy) is 1. The summed E-state index contributed by atoms with van der Waals surface area (Å²) in [5.41, 5.74) is 1.27. The maximum Gasteiger partial charge on any atom is 0.130 e. The summed E-state index contributed by atoms with van der Waals surface area (Å²) in [7, 11) is 0. The van der Waals surface area contributed by atoms with Gasteiger partial charge in [-0.3, -0.25) is 0 Å². The fourth-order valence-electron chi connectivity index (χ4n) is 1.08. The number of allylic oxidation sites excluding steroid dienone is 1. The van der Waals surface area contributed by atoms with Crippen LogP contribution in [-0.4, -0.2) is 0 Å². The van der Waals surface area contributed by atoms with Crippen molar-refractivity contribution in [1.82, 2.24) is 0 Å². The second kappa shape index (κ2) is 8.04. The van der Waals surface area contributed by atoms with Crippen molar-refractivity contribution >= 4 is 0 Å². The average molecular weight is 567 g/mol. The van der Waals surface area contributed by atoms with Crippen LogP contribution in [-0.2, 0) is 66.6 Å². The monoisotopic (exact) mass is 567 g/mol. The van der Waals surface area contributed by atoms with Gasteiger partial charge in [-0.25, -0.2) is 0 Å². The van der Waals surface area contributed by atoms with Crippen molar-refractivity contribution in [2.75, 3.05) is 0 Å². The molecule has 1 heterocycles. The van der Waals surface area contributed by atoms with E-state index < -0.39 is 0 Å². The molecule has 1 nitrogen and oxygen atoms in total. The van der Waals surface area contributed by atoms with Crippen LogP contribution in [0.15, 0.2) is 36.6 Å². The molecule has 0 fully saturated rings. The third-order valence-corrected chi connectivity index (χ3v) is 1.60. The van der Waals surface area contributed by atoms with Gasteiger partial charge in [-0.1, -0.05) is 18.2 Å². The molecule has 1 aliphatic rings. The van der Waals surface area contributed by atoms with Crippen LogP contribution in [0, 0.1) is 0 Å². The van der Waals surface area contributed by atoms with Crippen LogP contribution >= 0.6 is 0 Å². The molecule has 74 valence electrons. The number of rotatable bonds is 0. The van der Waals surface area contributed by atoms with Crippen LogP contribution in [0.5, 0.6) is 5.75 Å². The SMILES string of the molecule is C1=COc2ccccc2C1.[Co].[Pt].[Ta]. The Morgan fingerprint density at radius 1 is 1.15 bits per heavy atom. The zero-order valence-corrected chi connectivity index (χ0v) is 13.2. The summed E-state index contributed by atoms with van der Waals surface area (Å²) in [6.07, 6.45) is 4.75. The van der Waals surface area contributed by atoms with Gasteiger partial charge in [0, 0.05) is 60.2 Å². The van der Waals surface area contributed by atoms with Gasteiger partial charge in [0.15, 0.2) is 0 Å². The number of hydrogen-bond donors (Lipinski definition) is 0. The first-order valence-corrected chi connectivity index (χ1v) is 3.36. The van der Waals surface area contributed by atoms with E-state index in [2.05, 4.69) is 6.07 Å². The average Bonchev–Trinajstić information content (AvgIpc) is 2.05. The topological polar surface area (TPSA) is 9.23 Å². The summed E-state index contributed by atoms with van der Waals surface area (Å²) in [5, 5.41) is 0. The molecular formula is C9H8CoOPtTa. The smallest absolute Gasteiger partial charge is 0.130 e. The van der Waals surface area contributed by atoms with Crippen molar-refractivity contribution in [1.29, 1.82) is 0 Å². The first-order chi connectivity index (χ1) is 4.97. The minimum atomic E-state index is 0. The molecule has 2 rings (SSSR count). The summed E-state index contributed by atoms with van der Waals surface area (Å²) in [6, 6.07) is 8.08. The Balaban J connectivity index is 0. The molecule has 0 saturated carbocycles. The number of para-hydroxylation sites is 1. The van der Waals surface area contributed by atoms with Crippen molar-refractivity contribution in [2.45, 2.75) is 6.42 Å².